The van der Waals surface area contributed by atoms with Crippen molar-refractivity contribution in [1.29, 1.82) is 0 Å². The molecule has 4 heteroatoms. The number of anilines is 1. The normalized spacial score (nSPS) is 14.6. The Hall–Kier alpha value is -1.45. The van der Waals surface area contributed by atoms with Gasteiger partial charge in [0.15, 0.2) is 5.82 Å². The van der Waals surface area contributed by atoms with Crippen LogP contribution in [0.25, 0.3) is 0 Å². The molecule has 0 bridgehead atoms. The third-order valence-electron chi connectivity index (χ3n) is 1.84. The largest absolute Gasteiger partial charge is 0.351 e. The summed E-state index contributed by atoms with van der Waals surface area (Å²) in [7, 11) is 0. The van der Waals surface area contributed by atoms with Gasteiger partial charge in [-0.1, -0.05) is 0 Å². The van der Waals surface area contributed by atoms with E-state index in [9.17, 15) is 4.91 Å². The molecule has 0 N–H and O–H groups in total. The molecule has 0 spiro atoms. The molecule has 1 aromatic rings. The van der Waals surface area contributed by atoms with Crippen molar-refractivity contribution in [2.75, 3.05) is 18.0 Å². The summed E-state index contributed by atoms with van der Waals surface area (Å²) in [5.41, 5.74) is 1.36. The molecule has 62 valence electrons. The number of aromatic nitrogens is 1. The summed E-state index contributed by atoms with van der Waals surface area (Å²) in [6.45, 7) is 3.87. The fourth-order valence-electron chi connectivity index (χ4n) is 1.10. The van der Waals surface area contributed by atoms with E-state index in [1.807, 2.05) is 11.8 Å². The average Bonchev–Trinajstić information content (AvgIpc) is 2.87. The number of rotatable bonds is 2. The molecule has 0 aliphatic carbocycles. The predicted octanol–water partition coefficient (Wildman–Crippen LogP) is 1.61. The van der Waals surface area contributed by atoms with E-state index in [2.05, 4.69) is 10.2 Å². The molecule has 0 amide bonds. The van der Waals surface area contributed by atoms with Crippen molar-refractivity contribution < 1.29 is 0 Å². The lowest BCUT2D eigenvalue weighted by Gasteiger charge is -2.03. The lowest BCUT2D eigenvalue weighted by Crippen LogP contribution is -1.95. The van der Waals surface area contributed by atoms with Crippen molar-refractivity contribution in [3.8, 4) is 0 Å². The Labute approximate surface area is 70.2 Å². The Morgan fingerprint density at radius 2 is 2.25 bits per heavy atom. The molecule has 0 atom stereocenters. The fourth-order valence-corrected chi connectivity index (χ4v) is 1.10. The van der Waals surface area contributed by atoms with Gasteiger partial charge >= 0.3 is 0 Å². The number of nitrogens with zero attached hydrogens (tertiary/aromatic N) is 3. The molecule has 2 heterocycles. The third kappa shape index (κ3) is 1.15. The van der Waals surface area contributed by atoms with Crippen molar-refractivity contribution in [3.63, 3.8) is 0 Å². The van der Waals surface area contributed by atoms with E-state index in [0.717, 1.165) is 24.6 Å². The number of aryl methyl sites for hydroxylation is 1. The second-order valence-electron chi connectivity index (χ2n) is 2.87. The molecule has 1 aromatic heterocycles. The minimum atomic E-state index is 0.443. The molecule has 0 radical (unpaired) electrons. The first-order valence-electron chi connectivity index (χ1n) is 3.87. The van der Waals surface area contributed by atoms with Crippen molar-refractivity contribution in [2.24, 2.45) is 5.18 Å². The summed E-state index contributed by atoms with van der Waals surface area (Å²) < 4.78 is 0. The minimum absolute atomic E-state index is 0.443. The number of pyridine rings is 1. The van der Waals surface area contributed by atoms with Crippen LogP contribution in [0, 0.1) is 11.8 Å². The standard InChI is InChI=1S/C8H9N3O/c1-6-2-3-7(10-12)8(9-6)11-4-5-11/h2-3H,4-5H2,1H3. The van der Waals surface area contributed by atoms with Crippen LogP contribution in [0.2, 0.25) is 0 Å². The number of hydrogen-bond acceptors (Lipinski definition) is 4. The first-order chi connectivity index (χ1) is 5.81. The van der Waals surface area contributed by atoms with Gasteiger partial charge in [0.05, 0.1) is 0 Å². The SMILES string of the molecule is Cc1ccc(N=O)c(N2CC2)n1. The number of nitroso groups, excluding NO2 is 1. The molecule has 0 saturated carbocycles. The lowest BCUT2D eigenvalue weighted by atomic mass is 10.3. The van der Waals surface area contributed by atoms with Gasteiger partial charge in [0, 0.05) is 18.8 Å². The molecule has 4 nitrogen and oxygen atoms in total. The van der Waals surface area contributed by atoms with E-state index < -0.39 is 0 Å². The van der Waals surface area contributed by atoms with Crippen LogP contribution >= 0.6 is 0 Å². The molecule has 1 aliphatic rings. The maximum absolute atomic E-state index is 10.4. The molecular weight excluding hydrogens is 154 g/mol. The maximum atomic E-state index is 10.4. The predicted molar refractivity (Wildman–Crippen MR) is 46.6 cm³/mol. The van der Waals surface area contributed by atoms with Crippen LogP contribution in [0.5, 0.6) is 0 Å². The van der Waals surface area contributed by atoms with Gasteiger partial charge in [0.1, 0.15) is 5.69 Å². The van der Waals surface area contributed by atoms with Gasteiger partial charge in [0.25, 0.3) is 0 Å². The monoisotopic (exact) mass is 163 g/mol. The Kier molecular flexibility index (Phi) is 1.53. The van der Waals surface area contributed by atoms with E-state index in [1.165, 1.54) is 0 Å². The van der Waals surface area contributed by atoms with E-state index in [4.69, 9.17) is 0 Å². The maximum Gasteiger partial charge on any atom is 0.158 e. The Morgan fingerprint density at radius 1 is 1.50 bits per heavy atom. The molecular formula is C8H9N3O. The smallest absolute Gasteiger partial charge is 0.158 e. The van der Waals surface area contributed by atoms with Crippen LogP contribution in [-0.2, 0) is 0 Å². The zero-order valence-electron chi connectivity index (χ0n) is 6.82. The molecule has 1 fully saturated rings. The van der Waals surface area contributed by atoms with E-state index in [-0.39, 0.29) is 0 Å². The van der Waals surface area contributed by atoms with Gasteiger partial charge in [-0.15, -0.1) is 4.91 Å². The third-order valence-corrected chi connectivity index (χ3v) is 1.84. The second-order valence-corrected chi connectivity index (χ2v) is 2.87. The van der Waals surface area contributed by atoms with Gasteiger partial charge in [-0.25, -0.2) is 4.98 Å². The molecule has 1 aliphatic heterocycles. The van der Waals surface area contributed by atoms with Crippen molar-refractivity contribution in [1.82, 2.24) is 4.98 Å². The van der Waals surface area contributed by atoms with Crippen molar-refractivity contribution in [2.45, 2.75) is 6.92 Å². The summed E-state index contributed by atoms with van der Waals surface area (Å²) in [6, 6.07) is 3.51. The van der Waals surface area contributed by atoms with Crippen molar-refractivity contribution >= 4 is 11.5 Å². The summed E-state index contributed by atoms with van der Waals surface area (Å²) in [5, 5.41) is 2.92. The summed E-state index contributed by atoms with van der Waals surface area (Å²) in [4.78, 5) is 16.6. The molecule has 0 aromatic carbocycles. The van der Waals surface area contributed by atoms with Crippen LogP contribution in [-0.4, -0.2) is 18.1 Å². The number of hydrogen-bond donors (Lipinski definition) is 0. The minimum Gasteiger partial charge on any atom is -0.351 e. The quantitative estimate of drug-likeness (QED) is 0.491. The zero-order valence-corrected chi connectivity index (χ0v) is 6.82. The van der Waals surface area contributed by atoms with Crippen LogP contribution < -0.4 is 4.90 Å². The Bertz CT molecular complexity index is 320. The molecule has 0 unspecified atom stereocenters. The van der Waals surface area contributed by atoms with Crippen LogP contribution in [0.1, 0.15) is 5.69 Å². The summed E-state index contributed by atoms with van der Waals surface area (Å²) >= 11 is 0. The highest BCUT2D eigenvalue weighted by atomic mass is 16.3. The first-order valence-corrected chi connectivity index (χ1v) is 3.87. The first kappa shape index (κ1) is 7.21. The molecule has 12 heavy (non-hydrogen) atoms. The van der Waals surface area contributed by atoms with Crippen LogP contribution in [0.4, 0.5) is 11.5 Å². The van der Waals surface area contributed by atoms with Gasteiger partial charge in [0.2, 0.25) is 0 Å². The average molecular weight is 163 g/mol. The van der Waals surface area contributed by atoms with Gasteiger partial charge in [-0.05, 0) is 24.2 Å². The second kappa shape index (κ2) is 2.55. The van der Waals surface area contributed by atoms with E-state index in [0.29, 0.717) is 5.69 Å². The van der Waals surface area contributed by atoms with E-state index >= 15 is 0 Å². The highest BCUT2D eigenvalue weighted by Gasteiger charge is 2.22. The van der Waals surface area contributed by atoms with Gasteiger partial charge < -0.3 is 4.90 Å². The van der Waals surface area contributed by atoms with Gasteiger partial charge in [-0.3, -0.25) is 0 Å². The summed E-state index contributed by atoms with van der Waals surface area (Å²) in [5.74, 6) is 0.727. The van der Waals surface area contributed by atoms with Crippen LogP contribution in [0.3, 0.4) is 0 Å². The molecule has 2 rings (SSSR count). The Morgan fingerprint density at radius 3 is 2.83 bits per heavy atom. The zero-order chi connectivity index (χ0) is 8.55. The highest BCUT2D eigenvalue weighted by Crippen LogP contribution is 2.29. The highest BCUT2D eigenvalue weighted by molar-refractivity contribution is 5.64. The lowest BCUT2D eigenvalue weighted by molar-refractivity contribution is 1.15. The van der Waals surface area contributed by atoms with Gasteiger partial charge in [-0.2, -0.15) is 0 Å². The van der Waals surface area contributed by atoms with E-state index in [1.54, 1.807) is 12.1 Å². The van der Waals surface area contributed by atoms with Crippen LogP contribution in [0.15, 0.2) is 17.3 Å². The topological polar surface area (TPSA) is 45.3 Å². The fraction of sp³-hybridized carbons (Fsp3) is 0.375. The van der Waals surface area contributed by atoms with Crippen molar-refractivity contribution in [3.05, 3.63) is 22.7 Å². The summed E-state index contributed by atoms with van der Waals surface area (Å²) in [6.07, 6.45) is 0. The Balaban J connectivity index is 2.46. The molecule has 1 saturated heterocycles.